The maximum atomic E-state index is 12.5. The fourth-order valence-electron chi connectivity index (χ4n) is 2.83. The Hall–Kier alpha value is -1.50. The number of hydrazine groups is 1. The first-order valence-corrected chi connectivity index (χ1v) is 9.82. The molecule has 5 nitrogen and oxygen atoms in total. The number of amides is 1. The average Bonchev–Trinajstić information content (AvgIpc) is 2.85. The Labute approximate surface area is 160 Å². The van der Waals surface area contributed by atoms with Gasteiger partial charge in [0.25, 0.3) is 5.91 Å². The Kier molecular flexibility index (Phi) is 6.10. The number of aromatic hydroxyl groups is 1. The van der Waals surface area contributed by atoms with Gasteiger partial charge in [-0.1, -0.05) is 53.3 Å². The molecule has 1 aromatic carbocycles. The zero-order valence-corrected chi connectivity index (χ0v) is 17.3. The fourth-order valence-corrected chi connectivity index (χ4v) is 3.76. The lowest BCUT2D eigenvalue weighted by molar-refractivity contribution is -0.127. The van der Waals surface area contributed by atoms with E-state index in [1.165, 1.54) is 16.8 Å². The van der Waals surface area contributed by atoms with Crippen LogP contribution in [0.1, 0.15) is 58.2 Å². The molecule has 6 heteroatoms. The van der Waals surface area contributed by atoms with Gasteiger partial charge in [-0.2, -0.15) is 0 Å². The largest absolute Gasteiger partial charge is 0.507 e. The minimum absolute atomic E-state index is 0.0185. The van der Waals surface area contributed by atoms with Gasteiger partial charge in [-0.05, 0) is 34.6 Å². The number of rotatable bonds is 4. The van der Waals surface area contributed by atoms with Gasteiger partial charge in [-0.3, -0.25) is 9.80 Å². The highest BCUT2D eigenvalue weighted by atomic mass is 32.2. The maximum absolute atomic E-state index is 12.5. The third-order valence-electron chi connectivity index (χ3n) is 4.27. The molecular weight excluding hydrogens is 348 g/mol. The Morgan fingerprint density at radius 2 is 1.69 bits per heavy atom. The minimum atomic E-state index is -0.208. The summed E-state index contributed by atoms with van der Waals surface area (Å²) in [5.74, 6) is 0.760. The summed E-state index contributed by atoms with van der Waals surface area (Å²) < 4.78 is 0. The third-order valence-corrected chi connectivity index (χ3v) is 5.26. The SMILES string of the molecule is CC(C)(C)c1cc(C=C2SCN(NCCO)C2=O)cc(C(C)(C)C)c1O. The number of carbonyl (C=O) groups is 1. The summed E-state index contributed by atoms with van der Waals surface area (Å²) in [6.45, 7) is 12.8. The number of nitrogens with one attached hydrogen (secondary N) is 1. The summed E-state index contributed by atoms with van der Waals surface area (Å²) in [6.07, 6.45) is 1.89. The number of phenols is 1. The maximum Gasteiger partial charge on any atom is 0.275 e. The van der Waals surface area contributed by atoms with E-state index < -0.39 is 0 Å². The van der Waals surface area contributed by atoms with Crippen LogP contribution in [0.4, 0.5) is 0 Å². The van der Waals surface area contributed by atoms with Crippen LogP contribution in [-0.4, -0.2) is 40.2 Å². The van der Waals surface area contributed by atoms with Crippen LogP contribution in [0.5, 0.6) is 5.75 Å². The fraction of sp³-hybridized carbons (Fsp3) is 0.550. The van der Waals surface area contributed by atoms with Crippen LogP contribution >= 0.6 is 11.8 Å². The van der Waals surface area contributed by atoms with Crippen molar-refractivity contribution >= 4 is 23.7 Å². The topological polar surface area (TPSA) is 72.8 Å². The average molecular weight is 379 g/mol. The summed E-state index contributed by atoms with van der Waals surface area (Å²) >= 11 is 1.47. The predicted molar refractivity (Wildman–Crippen MR) is 108 cm³/mol. The van der Waals surface area contributed by atoms with Gasteiger partial charge >= 0.3 is 0 Å². The molecule has 1 fully saturated rings. The van der Waals surface area contributed by atoms with E-state index in [4.69, 9.17) is 5.11 Å². The first-order chi connectivity index (χ1) is 11.9. The van der Waals surface area contributed by atoms with Gasteiger partial charge in [-0.25, -0.2) is 5.43 Å². The van der Waals surface area contributed by atoms with Crippen LogP contribution < -0.4 is 5.43 Å². The van der Waals surface area contributed by atoms with E-state index in [1.807, 2.05) is 18.2 Å². The standard InChI is InChI=1S/C20H30N2O3S/c1-19(2,3)14-9-13(10-15(17(14)24)20(4,5)6)11-16-18(25)22(12-26-16)21-7-8-23/h9-11,21,23-24H,7-8,12H2,1-6H3. The van der Waals surface area contributed by atoms with Crippen LogP contribution in [0.2, 0.25) is 0 Å². The van der Waals surface area contributed by atoms with Crippen molar-refractivity contribution in [3.05, 3.63) is 33.7 Å². The van der Waals surface area contributed by atoms with Gasteiger partial charge in [0, 0.05) is 17.7 Å². The van der Waals surface area contributed by atoms with E-state index in [9.17, 15) is 9.90 Å². The normalized spacial score (nSPS) is 17.4. The molecule has 26 heavy (non-hydrogen) atoms. The minimum Gasteiger partial charge on any atom is -0.507 e. The van der Waals surface area contributed by atoms with Crippen molar-refractivity contribution in [3.63, 3.8) is 0 Å². The second kappa shape index (κ2) is 7.62. The molecule has 0 aliphatic carbocycles. The summed E-state index contributed by atoms with van der Waals surface area (Å²) in [5, 5.41) is 21.2. The van der Waals surface area contributed by atoms with Gasteiger partial charge in [-0.15, -0.1) is 0 Å². The molecule has 0 unspecified atom stereocenters. The molecule has 1 aliphatic heterocycles. The van der Waals surface area contributed by atoms with Crippen molar-refractivity contribution in [2.75, 3.05) is 19.0 Å². The Balaban J connectivity index is 2.46. The smallest absolute Gasteiger partial charge is 0.275 e. The molecule has 1 aliphatic rings. The highest BCUT2D eigenvalue weighted by Gasteiger charge is 2.29. The van der Waals surface area contributed by atoms with Crippen LogP contribution in [0.25, 0.3) is 6.08 Å². The summed E-state index contributed by atoms with van der Waals surface area (Å²) in [6, 6.07) is 3.93. The molecule has 1 heterocycles. The van der Waals surface area contributed by atoms with E-state index in [0.717, 1.165) is 16.7 Å². The first-order valence-electron chi connectivity index (χ1n) is 8.84. The lowest BCUT2D eigenvalue weighted by atomic mass is 9.78. The second-order valence-electron chi connectivity index (χ2n) is 8.61. The van der Waals surface area contributed by atoms with Crippen molar-refractivity contribution in [2.45, 2.75) is 52.4 Å². The number of carbonyl (C=O) groups excluding carboxylic acids is 1. The van der Waals surface area contributed by atoms with Crippen molar-refractivity contribution in [1.82, 2.24) is 10.4 Å². The van der Waals surface area contributed by atoms with Crippen molar-refractivity contribution < 1.29 is 15.0 Å². The van der Waals surface area contributed by atoms with E-state index in [2.05, 4.69) is 47.0 Å². The first kappa shape index (κ1) is 20.8. The van der Waals surface area contributed by atoms with Crippen molar-refractivity contribution in [3.8, 4) is 5.75 Å². The van der Waals surface area contributed by atoms with E-state index in [-0.39, 0.29) is 23.3 Å². The molecule has 1 saturated heterocycles. The highest BCUT2D eigenvalue weighted by molar-refractivity contribution is 8.04. The highest BCUT2D eigenvalue weighted by Crippen LogP contribution is 2.40. The molecule has 144 valence electrons. The zero-order chi connectivity index (χ0) is 19.7. The van der Waals surface area contributed by atoms with Gasteiger partial charge in [0.1, 0.15) is 5.75 Å². The number of aliphatic hydroxyl groups excluding tert-OH is 1. The molecule has 3 N–H and O–H groups in total. The number of phenolic OH excluding ortho intramolecular Hbond substituents is 1. The number of hydrogen-bond acceptors (Lipinski definition) is 5. The van der Waals surface area contributed by atoms with E-state index in [0.29, 0.717) is 23.1 Å². The Bertz CT molecular complexity index is 680. The molecule has 0 saturated carbocycles. The van der Waals surface area contributed by atoms with E-state index >= 15 is 0 Å². The van der Waals surface area contributed by atoms with Crippen molar-refractivity contribution in [1.29, 1.82) is 0 Å². The van der Waals surface area contributed by atoms with Crippen LogP contribution in [-0.2, 0) is 15.6 Å². The van der Waals surface area contributed by atoms with Crippen LogP contribution in [0.3, 0.4) is 0 Å². The Morgan fingerprint density at radius 3 is 2.15 bits per heavy atom. The molecule has 1 aromatic rings. The van der Waals surface area contributed by atoms with E-state index in [1.54, 1.807) is 0 Å². The number of hydrogen-bond donors (Lipinski definition) is 3. The summed E-state index contributed by atoms with van der Waals surface area (Å²) in [4.78, 5) is 13.1. The Morgan fingerprint density at radius 1 is 1.15 bits per heavy atom. The number of aliphatic hydroxyl groups is 1. The van der Waals surface area contributed by atoms with Crippen LogP contribution in [0, 0.1) is 0 Å². The van der Waals surface area contributed by atoms with Crippen molar-refractivity contribution in [2.24, 2.45) is 0 Å². The number of nitrogens with zero attached hydrogens (tertiary/aromatic N) is 1. The zero-order valence-electron chi connectivity index (χ0n) is 16.5. The molecular formula is C20H30N2O3S. The van der Waals surface area contributed by atoms with Gasteiger partial charge in [0.15, 0.2) is 0 Å². The molecule has 0 aromatic heterocycles. The lowest BCUT2D eigenvalue weighted by Crippen LogP contribution is -2.40. The summed E-state index contributed by atoms with van der Waals surface area (Å²) in [5.41, 5.74) is 5.16. The molecule has 2 rings (SSSR count). The quantitative estimate of drug-likeness (QED) is 0.701. The molecule has 0 spiro atoms. The van der Waals surface area contributed by atoms with Gasteiger partial charge in [0.05, 0.1) is 17.4 Å². The third kappa shape index (κ3) is 4.61. The molecule has 0 atom stereocenters. The predicted octanol–water partition coefficient (Wildman–Crippen LogP) is 3.36. The molecule has 1 amide bonds. The van der Waals surface area contributed by atoms with Gasteiger partial charge in [0.2, 0.25) is 0 Å². The van der Waals surface area contributed by atoms with Gasteiger partial charge < -0.3 is 10.2 Å². The number of benzene rings is 1. The number of thioether (sulfide) groups is 1. The van der Waals surface area contributed by atoms with Crippen LogP contribution in [0.15, 0.2) is 17.0 Å². The molecule has 0 bridgehead atoms. The lowest BCUT2D eigenvalue weighted by Gasteiger charge is -2.28. The summed E-state index contributed by atoms with van der Waals surface area (Å²) in [7, 11) is 0. The monoisotopic (exact) mass is 378 g/mol. The second-order valence-corrected chi connectivity index (χ2v) is 9.60. The molecule has 0 radical (unpaired) electrons.